The predicted octanol–water partition coefficient (Wildman–Crippen LogP) is 1.67. The Morgan fingerprint density at radius 3 is 2.64 bits per heavy atom. The van der Waals surface area contributed by atoms with Gasteiger partial charge in [0.15, 0.2) is 0 Å². The first-order chi connectivity index (χ1) is 5.13. The van der Waals surface area contributed by atoms with E-state index in [-0.39, 0.29) is 0 Å². The molecule has 56 valence electrons. The summed E-state index contributed by atoms with van der Waals surface area (Å²) in [5, 5.41) is 9.96. The lowest BCUT2D eigenvalue weighted by atomic mass is 10.2. The van der Waals surface area contributed by atoms with Crippen LogP contribution in [0.5, 0.6) is 0 Å². The third-order valence-electron chi connectivity index (χ3n) is 1.07. The molecule has 0 bridgehead atoms. The minimum atomic E-state index is -1.47. The van der Waals surface area contributed by atoms with Gasteiger partial charge < -0.3 is 0 Å². The second-order valence-corrected chi connectivity index (χ2v) is 1.75. The largest absolute Gasteiger partial charge is 0.413 e. The quantitative estimate of drug-likeness (QED) is 0.331. The van der Waals surface area contributed by atoms with Crippen molar-refractivity contribution in [3.8, 4) is 0 Å². The molecule has 0 aromatic rings. The van der Waals surface area contributed by atoms with Gasteiger partial charge in [-0.15, -0.1) is 4.39 Å². The lowest BCUT2D eigenvalue weighted by Gasteiger charge is -1.87. The zero-order valence-electron chi connectivity index (χ0n) is 5.17. The van der Waals surface area contributed by atoms with E-state index >= 15 is 0 Å². The molecule has 5 heteroatoms. The van der Waals surface area contributed by atoms with Crippen LogP contribution in [0.1, 0.15) is 0 Å². The van der Waals surface area contributed by atoms with E-state index in [0.717, 1.165) is 12.2 Å². The van der Waals surface area contributed by atoms with E-state index in [1.54, 1.807) is 0 Å². The minimum absolute atomic E-state index is 0.846. The maximum absolute atomic E-state index is 12.4. The summed E-state index contributed by atoms with van der Waals surface area (Å²) in [6.07, 6.45) is 3.65. The number of allylic oxidation sites excluding steroid dienone is 5. The van der Waals surface area contributed by atoms with Gasteiger partial charge in [0.05, 0.1) is 11.0 Å². The van der Waals surface area contributed by atoms with Crippen molar-refractivity contribution in [3.63, 3.8) is 0 Å². The molecule has 1 aliphatic carbocycles. The van der Waals surface area contributed by atoms with Crippen molar-refractivity contribution in [2.45, 2.75) is 0 Å². The van der Waals surface area contributed by atoms with E-state index in [1.165, 1.54) is 0 Å². The molecule has 3 nitrogen and oxygen atoms in total. The average molecular weight is 158 g/mol. The molecule has 0 aromatic heterocycles. The molecule has 0 aromatic carbocycles. The molecule has 0 heterocycles. The maximum Gasteiger partial charge on any atom is 0.413 e. The van der Waals surface area contributed by atoms with Crippen LogP contribution in [0.15, 0.2) is 29.5 Å². The summed E-state index contributed by atoms with van der Waals surface area (Å²) in [5.41, 5.74) is -0.874. The molecule has 1 rings (SSSR count). The van der Waals surface area contributed by atoms with Crippen LogP contribution in [-0.2, 0) is 0 Å². The topological polar surface area (TPSA) is 43.1 Å². The average Bonchev–Trinajstić information content (AvgIpc) is 1.94. The standard InChI is InChI=1S/C6H2F2NO2/c7-4-2-1-3-5(6(4)8)9(10)11/h1,3H/q+1. The maximum atomic E-state index is 12.4. The highest BCUT2D eigenvalue weighted by molar-refractivity contribution is 5.33. The van der Waals surface area contributed by atoms with Gasteiger partial charge in [0.1, 0.15) is 12.2 Å². The van der Waals surface area contributed by atoms with Crippen LogP contribution in [0.3, 0.4) is 0 Å². The van der Waals surface area contributed by atoms with Gasteiger partial charge in [0, 0.05) is 0 Å². The molecule has 0 aliphatic heterocycles. The van der Waals surface area contributed by atoms with E-state index < -0.39 is 22.3 Å². The summed E-state index contributed by atoms with van der Waals surface area (Å²) in [6, 6.07) is 0. The van der Waals surface area contributed by atoms with Gasteiger partial charge in [0.2, 0.25) is 0 Å². The van der Waals surface area contributed by atoms with Crippen molar-refractivity contribution in [1.29, 1.82) is 0 Å². The first-order valence-electron chi connectivity index (χ1n) is 2.63. The molecule has 0 saturated heterocycles. The van der Waals surface area contributed by atoms with Crippen molar-refractivity contribution in [2.75, 3.05) is 0 Å². The summed E-state index contributed by atoms with van der Waals surface area (Å²) >= 11 is 0. The molecule has 0 atom stereocenters. The molecule has 0 saturated carbocycles. The van der Waals surface area contributed by atoms with Gasteiger partial charge in [-0.2, -0.15) is 4.39 Å². The van der Waals surface area contributed by atoms with Gasteiger partial charge in [-0.05, 0) is 0 Å². The number of hydrogen-bond donors (Lipinski definition) is 0. The van der Waals surface area contributed by atoms with Crippen molar-refractivity contribution < 1.29 is 13.7 Å². The highest BCUT2D eigenvalue weighted by Gasteiger charge is 2.32. The SMILES string of the molecule is O=[N+]([O-])C1=C(F)C(F)=[C+]C=C1. The Hall–Kier alpha value is -1.61. The van der Waals surface area contributed by atoms with E-state index in [4.69, 9.17) is 0 Å². The van der Waals surface area contributed by atoms with Crippen LogP contribution in [-0.4, -0.2) is 4.92 Å². The van der Waals surface area contributed by atoms with E-state index in [1.807, 2.05) is 6.08 Å². The summed E-state index contributed by atoms with van der Waals surface area (Å²) < 4.78 is 24.6. The second-order valence-electron chi connectivity index (χ2n) is 1.75. The Bertz CT molecular complexity index is 291. The van der Waals surface area contributed by atoms with Gasteiger partial charge in [-0.3, -0.25) is 10.1 Å². The zero-order valence-corrected chi connectivity index (χ0v) is 5.17. The van der Waals surface area contributed by atoms with Crippen LogP contribution in [0.2, 0.25) is 0 Å². The zero-order chi connectivity index (χ0) is 8.43. The first-order valence-corrected chi connectivity index (χ1v) is 2.63. The molecule has 0 fully saturated rings. The van der Waals surface area contributed by atoms with Gasteiger partial charge in [0.25, 0.3) is 0 Å². The third kappa shape index (κ3) is 1.28. The Morgan fingerprint density at radius 2 is 2.18 bits per heavy atom. The van der Waals surface area contributed by atoms with Crippen molar-refractivity contribution in [3.05, 3.63) is 45.7 Å². The van der Waals surface area contributed by atoms with Crippen molar-refractivity contribution in [2.24, 2.45) is 0 Å². The van der Waals surface area contributed by atoms with Crippen LogP contribution in [0.25, 0.3) is 0 Å². The Labute approximate surface area is 60.5 Å². The lowest BCUT2D eigenvalue weighted by molar-refractivity contribution is -0.421. The fourth-order valence-corrected chi connectivity index (χ4v) is 0.584. The summed E-state index contributed by atoms with van der Waals surface area (Å²) in [4.78, 5) is 8.97. The molecular weight excluding hydrogens is 156 g/mol. The van der Waals surface area contributed by atoms with E-state index in [9.17, 15) is 18.9 Å². The molecular formula is C6H2F2NO2+. The molecule has 0 N–H and O–H groups in total. The smallest absolute Gasteiger partial charge is 0.256 e. The van der Waals surface area contributed by atoms with Crippen LogP contribution in [0, 0.1) is 16.2 Å². The molecule has 0 unspecified atom stereocenters. The fraction of sp³-hybridized carbons (Fsp3) is 0. The predicted molar refractivity (Wildman–Crippen MR) is 32.1 cm³/mol. The van der Waals surface area contributed by atoms with Gasteiger partial charge >= 0.3 is 17.4 Å². The normalized spacial score (nSPS) is 16.0. The first kappa shape index (κ1) is 7.50. The second kappa shape index (κ2) is 2.56. The molecule has 0 spiro atoms. The number of rotatable bonds is 1. The number of halogens is 2. The Balaban J connectivity index is 3.14. The van der Waals surface area contributed by atoms with E-state index in [0.29, 0.717) is 0 Å². The number of nitrogens with zero attached hydrogens (tertiary/aromatic N) is 1. The number of nitro groups is 1. The van der Waals surface area contributed by atoms with Gasteiger partial charge in [-0.1, -0.05) is 0 Å². The summed E-state index contributed by atoms with van der Waals surface area (Å²) in [5.74, 6) is -2.81. The fourth-order valence-electron chi connectivity index (χ4n) is 0.584. The van der Waals surface area contributed by atoms with E-state index in [2.05, 4.69) is 0 Å². The number of hydrogen-bond acceptors (Lipinski definition) is 2. The Morgan fingerprint density at radius 1 is 1.55 bits per heavy atom. The lowest BCUT2D eigenvalue weighted by Crippen LogP contribution is -2.01. The summed E-state index contributed by atoms with van der Waals surface area (Å²) in [7, 11) is 0. The van der Waals surface area contributed by atoms with Crippen LogP contribution < -0.4 is 0 Å². The molecule has 1 aliphatic rings. The van der Waals surface area contributed by atoms with Crippen molar-refractivity contribution >= 4 is 0 Å². The monoisotopic (exact) mass is 158 g/mol. The third-order valence-corrected chi connectivity index (χ3v) is 1.07. The molecule has 0 amide bonds. The van der Waals surface area contributed by atoms with Crippen LogP contribution in [0.4, 0.5) is 8.78 Å². The Kier molecular flexibility index (Phi) is 1.74. The minimum Gasteiger partial charge on any atom is -0.256 e. The van der Waals surface area contributed by atoms with Crippen LogP contribution >= 0.6 is 0 Å². The van der Waals surface area contributed by atoms with Gasteiger partial charge in [-0.25, -0.2) is 0 Å². The van der Waals surface area contributed by atoms with Crippen molar-refractivity contribution in [1.82, 2.24) is 0 Å². The molecule has 11 heavy (non-hydrogen) atoms. The highest BCUT2D eigenvalue weighted by Crippen LogP contribution is 2.22. The summed E-state index contributed by atoms with van der Waals surface area (Å²) in [6.45, 7) is 0. The highest BCUT2D eigenvalue weighted by atomic mass is 19.2. The molecule has 0 radical (unpaired) electrons.